The van der Waals surface area contributed by atoms with Gasteiger partial charge in [0, 0.05) is 13.1 Å². The number of hydrogen-bond acceptors (Lipinski definition) is 5. The van der Waals surface area contributed by atoms with Crippen molar-refractivity contribution in [2.45, 2.75) is 46.4 Å². The second-order valence-corrected chi connectivity index (χ2v) is 11.4. The first kappa shape index (κ1) is 29.7. The summed E-state index contributed by atoms with van der Waals surface area (Å²) >= 11 is 0. The molecule has 0 aromatic heterocycles. The van der Waals surface area contributed by atoms with Crippen LogP contribution in [0.15, 0.2) is 78.9 Å². The van der Waals surface area contributed by atoms with Crippen LogP contribution in [0.2, 0.25) is 0 Å². The van der Waals surface area contributed by atoms with E-state index in [1.807, 2.05) is 68.4 Å². The molecule has 3 aromatic carbocycles. The molecule has 0 fully saturated rings. The number of benzene rings is 3. The third kappa shape index (κ3) is 8.85. The molecule has 0 unspecified atom stereocenters. The van der Waals surface area contributed by atoms with Crippen LogP contribution in [-0.2, 0) is 32.8 Å². The number of hydrogen-bond donors (Lipinski definition) is 1. The Morgan fingerprint density at radius 2 is 1.56 bits per heavy atom. The smallest absolute Gasteiger partial charge is 0.244 e. The van der Waals surface area contributed by atoms with E-state index in [1.54, 1.807) is 31.2 Å². The fourth-order valence-electron chi connectivity index (χ4n) is 3.93. The molecule has 208 valence electrons. The number of nitrogens with zero attached hydrogens (tertiary/aromatic N) is 2. The average molecular weight is 552 g/mol. The van der Waals surface area contributed by atoms with Gasteiger partial charge in [-0.15, -0.1) is 0 Å². The zero-order chi connectivity index (χ0) is 28.4. The number of nitrogens with one attached hydrogen (secondary N) is 1. The van der Waals surface area contributed by atoms with Crippen LogP contribution in [0, 0.1) is 6.92 Å². The second-order valence-electron chi connectivity index (χ2n) is 9.51. The summed E-state index contributed by atoms with van der Waals surface area (Å²) in [5.74, 6) is -0.197. The van der Waals surface area contributed by atoms with Crippen molar-refractivity contribution in [2.75, 3.05) is 23.7 Å². The van der Waals surface area contributed by atoms with Crippen molar-refractivity contribution in [3.63, 3.8) is 0 Å². The third-order valence-corrected chi connectivity index (χ3v) is 7.38. The Hall–Kier alpha value is -3.85. The fourth-order valence-corrected chi connectivity index (χ4v) is 4.78. The van der Waals surface area contributed by atoms with E-state index in [1.165, 1.54) is 4.90 Å². The van der Waals surface area contributed by atoms with Crippen LogP contribution in [0.5, 0.6) is 5.75 Å². The minimum Gasteiger partial charge on any atom is -0.489 e. The van der Waals surface area contributed by atoms with E-state index < -0.39 is 28.5 Å². The van der Waals surface area contributed by atoms with Gasteiger partial charge in [0.2, 0.25) is 21.8 Å². The number of sulfonamides is 1. The first-order valence-electron chi connectivity index (χ1n) is 13.0. The molecule has 0 bridgehead atoms. The van der Waals surface area contributed by atoms with Crippen LogP contribution < -0.4 is 14.4 Å². The van der Waals surface area contributed by atoms with E-state index in [-0.39, 0.29) is 12.5 Å². The summed E-state index contributed by atoms with van der Waals surface area (Å²) in [5.41, 5.74) is 3.26. The van der Waals surface area contributed by atoms with Crippen LogP contribution in [0.4, 0.5) is 5.69 Å². The molecular weight excluding hydrogens is 514 g/mol. The summed E-state index contributed by atoms with van der Waals surface area (Å²) in [7, 11) is -3.81. The molecule has 0 heterocycles. The lowest BCUT2D eigenvalue weighted by molar-refractivity contribution is -0.139. The quantitative estimate of drug-likeness (QED) is 0.342. The maximum atomic E-state index is 13.6. The summed E-state index contributed by atoms with van der Waals surface area (Å²) < 4.78 is 32.4. The molecule has 0 aliphatic heterocycles. The zero-order valence-electron chi connectivity index (χ0n) is 23.0. The summed E-state index contributed by atoms with van der Waals surface area (Å²) in [6.07, 6.45) is 1.82. The summed E-state index contributed by atoms with van der Waals surface area (Å²) in [6.45, 7) is 6.16. The number of ether oxygens (including phenoxy) is 1. The number of rotatable bonds is 13. The maximum absolute atomic E-state index is 13.6. The number of amides is 2. The standard InChI is InChI=1S/C30H37N3O5S/c1-5-19-31-30(35)24(3)32(20-25-13-11-23(2)12-14-25)29(34)21-33(39(4,36)37)27-15-17-28(18-16-27)38-22-26-9-7-6-8-10-26/h6-18,24H,5,19-22H2,1-4H3,(H,31,35)/t24-/m1/s1. The van der Waals surface area contributed by atoms with Crippen molar-refractivity contribution in [3.05, 3.63) is 95.6 Å². The monoisotopic (exact) mass is 551 g/mol. The first-order chi connectivity index (χ1) is 18.6. The highest BCUT2D eigenvalue weighted by Gasteiger charge is 2.30. The van der Waals surface area contributed by atoms with Gasteiger partial charge in [-0.05, 0) is 55.7 Å². The van der Waals surface area contributed by atoms with Crippen LogP contribution in [0.25, 0.3) is 0 Å². The van der Waals surface area contributed by atoms with E-state index in [0.29, 0.717) is 24.6 Å². The van der Waals surface area contributed by atoms with Gasteiger partial charge in [0.25, 0.3) is 0 Å². The molecule has 2 amide bonds. The topological polar surface area (TPSA) is 96.0 Å². The van der Waals surface area contributed by atoms with Crippen molar-refractivity contribution in [1.82, 2.24) is 10.2 Å². The average Bonchev–Trinajstić information content (AvgIpc) is 2.93. The van der Waals surface area contributed by atoms with E-state index in [4.69, 9.17) is 4.74 Å². The van der Waals surface area contributed by atoms with E-state index in [9.17, 15) is 18.0 Å². The minimum atomic E-state index is -3.81. The van der Waals surface area contributed by atoms with Gasteiger partial charge in [-0.3, -0.25) is 13.9 Å². The summed E-state index contributed by atoms with van der Waals surface area (Å²) in [4.78, 5) is 27.8. The first-order valence-corrected chi connectivity index (χ1v) is 14.8. The molecule has 3 aromatic rings. The number of aryl methyl sites for hydroxylation is 1. The van der Waals surface area contributed by atoms with Gasteiger partial charge in [-0.1, -0.05) is 67.1 Å². The molecule has 0 radical (unpaired) electrons. The largest absolute Gasteiger partial charge is 0.489 e. The molecule has 3 rings (SSSR count). The molecule has 0 saturated heterocycles. The number of anilines is 1. The van der Waals surface area contributed by atoms with Gasteiger partial charge in [0.1, 0.15) is 24.9 Å². The summed E-state index contributed by atoms with van der Waals surface area (Å²) in [5, 5.41) is 2.83. The zero-order valence-corrected chi connectivity index (χ0v) is 23.8. The Balaban J connectivity index is 1.80. The Bertz CT molecular complexity index is 1330. The highest BCUT2D eigenvalue weighted by atomic mass is 32.2. The van der Waals surface area contributed by atoms with Gasteiger partial charge in [-0.2, -0.15) is 0 Å². The Morgan fingerprint density at radius 1 is 0.923 bits per heavy atom. The number of carbonyl (C=O) groups is 2. The van der Waals surface area contributed by atoms with E-state index in [0.717, 1.165) is 33.7 Å². The normalized spacial score (nSPS) is 11.9. The fraction of sp³-hybridized carbons (Fsp3) is 0.333. The predicted octanol–water partition coefficient (Wildman–Crippen LogP) is 4.28. The predicted molar refractivity (Wildman–Crippen MR) is 154 cm³/mol. The molecule has 0 aliphatic rings. The van der Waals surface area contributed by atoms with Gasteiger partial charge < -0.3 is 15.0 Å². The van der Waals surface area contributed by atoms with Gasteiger partial charge in [0.15, 0.2) is 0 Å². The molecule has 0 aliphatic carbocycles. The molecule has 0 spiro atoms. The second kappa shape index (κ2) is 13.8. The molecule has 1 N–H and O–H groups in total. The van der Waals surface area contributed by atoms with Crippen LogP contribution in [0.1, 0.15) is 37.0 Å². The van der Waals surface area contributed by atoms with Gasteiger partial charge in [0.05, 0.1) is 11.9 Å². The SMILES string of the molecule is CCCNC(=O)[C@@H](C)N(Cc1ccc(C)cc1)C(=O)CN(c1ccc(OCc2ccccc2)cc1)S(C)(=O)=O. The molecule has 1 atom stereocenters. The summed E-state index contributed by atoms with van der Waals surface area (Å²) in [6, 6.07) is 23.1. The van der Waals surface area contributed by atoms with E-state index >= 15 is 0 Å². The highest BCUT2D eigenvalue weighted by molar-refractivity contribution is 7.92. The van der Waals surface area contributed by atoms with Crippen molar-refractivity contribution in [3.8, 4) is 5.75 Å². The van der Waals surface area contributed by atoms with Crippen LogP contribution in [0.3, 0.4) is 0 Å². The van der Waals surface area contributed by atoms with Crippen molar-refractivity contribution < 1.29 is 22.7 Å². The molecule has 39 heavy (non-hydrogen) atoms. The van der Waals surface area contributed by atoms with Gasteiger partial charge in [-0.25, -0.2) is 8.42 Å². The van der Waals surface area contributed by atoms with Gasteiger partial charge >= 0.3 is 0 Å². The maximum Gasteiger partial charge on any atom is 0.244 e. The Kier molecular flexibility index (Phi) is 10.5. The number of carbonyl (C=O) groups excluding carboxylic acids is 2. The lowest BCUT2D eigenvalue weighted by Gasteiger charge is -2.31. The van der Waals surface area contributed by atoms with Crippen LogP contribution in [-0.4, -0.2) is 50.5 Å². The third-order valence-electron chi connectivity index (χ3n) is 6.24. The van der Waals surface area contributed by atoms with Crippen molar-refractivity contribution in [2.24, 2.45) is 0 Å². The minimum absolute atomic E-state index is 0.170. The Labute approximate surface area is 231 Å². The molecule has 8 nitrogen and oxygen atoms in total. The molecule has 9 heteroatoms. The highest BCUT2D eigenvalue weighted by Crippen LogP contribution is 2.23. The van der Waals surface area contributed by atoms with Crippen LogP contribution >= 0.6 is 0 Å². The van der Waals surface area contributed by atoms with Crippen molar-refractivity contribution in [1.29, 1.82) is 0 Å². The van der Waals surface area contributed by atoms with E-state index in [2.05, 4.69) is 5.32 Å². The molecule has 0 saturated carbocycles. The lowest BCUT2D eigenvalue weighted by atomic mass is 10.1. The van der Waals surface area contributed by atoms with Crippen molar-refractivity contribution >= 4 is 27.5 Å². The Morgan fingerprint density at radius 3 is 2.15 bits per heavy atom. The lowest BCUT2D eigenvalue weighted by Crippen LogP contribution is -2.51. The molecular formula is C30H37N3O5S.